The van der Waals surface area contributed by atoms with Crippen LogP contribution in [-0.2, 0) is 9.84 Å². The smallest absolute Gasteiger partial charge is 0.237 e. The van der Waals surface area contributed by atoms with Gasteiger partial charge in [-0.2, -0.15) is 10.1 Å². The standard InChI is InChI=1S/C18H15FN6O2S/c1-28(26,27)13-5-3-12(4-6-13)25(18-21-9-8-16(20)22-18)17-14-10-11(19)2-7-15(14)23-24-17/h2-10H,1H3,(H,23,24)(H2,20,21,22). The first-order chi connectivity index (χ1) is 13.3. The van der Waals surface area contributed by atoms with Crippen LogP contribution in [0.15, 0.2) is 59.6 Å². The molecule has 0 atom stereocenters. The molecule has 0 spiro atoms. The maximum atomic E-state index is 13.8. The van der Waals surface area contributed by atoms with Crippen molar-refractivity contribution >= 4 is 44.0 Å². The second-order valence-corrected chi connectivity index (χ2v) is 8.14. The summed E-state index contributed by atoms with van der Waals surface area (Å²) in [6, 6.07) is 11.9. The average molecular weight is 398 g/mol. The fraction of sp³-hybridized carbons (Fsp3) is 0.0556. The third-order valence-electron chi connectivity index (χ3n) is 4.10. The van der Waals surface area contributed by atoms with E-state index in [4.69, 9.17) is 5.73 Å². The third kappa shape index (κ3) is 3.25. The number of aromatic nitrogens is 4. The molecule has 0 fully saturated rings. The fourth-order valence-electron chi connectivity index (χ4n) is 2.79. The molecular formula is C18H15FN6O2S. The highest BCUT2D eigenvalue weighted by Gasteiger charge is 2.21. The Labute approximate surface area is 159 Å². The van der Waals surface area contributed by atoms with E-state index in [1.54, 1.807) is 23.1 Å². The Morgan fingerprint density at radius 1 is 1.11 bits per heavy atom. The number of anilines is 4. The Hall–Kier alpha value is -3.53. The van der Waals surface area contributed by atoms with Crippen LogP contribution in [0.1, 0.15) is 0 Å². The van der Waals surface area contributed by atoms with Crippen LogP contribution in [0.2, 0.25) is 0 Å². The van der Waals surface area contributed by atoms with Gasteiger partial charge in [0.05, 0.1) is 16.1 Å². The highest BCUT2D eigenvalue weighted by molar-refractivity contribution is 7.90. The molecule has 10 heteroatoms. The number of benzene rings is 2. The SMILES string of the molecule is CS(=O)(=O)c1ccc(N(c2nccc(N)n2)c2n[nH]c3ccc(F)cc23)cc1. The zero-order chi connectivity index (χ0) is 19.9. The first-order valence-electron chi connectivity index (χ1n) is 8.15. The van der Waals surface area contributed by atoms with E-state index in [1.807, 2.05) is 0 Å². The van der Waals surface area contributed by atoms with Crippen LogP contribution in [0.5, 0.6) is 0 Å². The molecule has 0 aliphatic rings. The minimum Gasteiger partial charge on any atom is -0.384 e. The quantitative estimate of drug-likeness (QED) is 0.542. The van der Waals surface area contributed by atoms with Crippen molar-refractivity contribution in [2.24, 2.45) is 0 Å². The predicted octanol–water partition coefficient (Wildman–Crippen LogP) is 2.95. The molecule has 142 valence electrons. The fourth-order valence-corrected chi connectivity index (χ4v) is 3.42. The number of rotatable bonds is 4. The van der Waals surface area contributed by atoms with Gasteiger partial charge in [0.1, 0.15) is 11.6 Å². The van der Waals surface area contributed by atoms with Crippen molar-refractivity contribution in [3.8, 4) is 0 Å². The lowest BCUT2D eigenvalue weighted by Crippen LogP contribution is -2.15. The number of H-pyrrole nitrogens is 1. The number of nitrogens with two attached hydrogens (primary N) is 1. The number of hydrogen-bond donors (Lipinski definition) is 2. The van der Waals surface area contributed by atoms with E-state index in [0.717, 1.165) is 6.26 Å². The average Bonchev–Trinajstić information content (AvgIpc) is 3.05. The number of nitrogen functional groups attached to an aromatic ring is 1. The van der Waals surface area contributed by atoms with Crippen LogP contribution in [-0.4, -0.2) is 34.8 Å². The molecule has 0 aliphatic heterocycles. The molecule has 3 N–H and O–H groups in total. The van der Waals surface area contributed by atoms with E-state index in [0.29, 0.717) is 22.4 Å². The van der Waals surface area contributed by atoms with Gasteiger partial charge < -0.3 is 5.73 Å². The van der Waals surface area contributed by atoms with Crippen LogP contribution >= 0.6 is 0 Å². The topological polar surface area (TPSA) is 118 Å². The number of aromatic amines is 1. The van der Waals surface area contributed by atoms with E-state index in [-0.39, 0.29) is 16.7 Å². The molecule has 4 rings (SSSR count). The van der Waals surface area contributed by atoms with Gasteiger partial charge in [0, 0.05) is 17.8 Å². The number of halogens is 1. The van der Waals surface area contributed by atoms with E-state index in [1.165, 1.54) is 36.5 Å². The van der Waals surface area contributed by atoms with Crippen LogP contribution < -0.4 is 10.6 Å². The maximum absolute atomic E-state index is 13.8. The summed E-state index contributed by atoms with van der Waals surface area (Å²) in [6.07, 6.45) is 2.62. The lowest BCUT2D eigenvalue weighted by Gasteiger charge is -2.21. The Balaban J connectivity index is 1.93. The van der Waals surface area contributed by atoms with Gasteiger partial charge >= 0.3 is 0 Å². The van der Waals surface area contributed by atoms with Gasteiger partial charge in [0.25, 0.3) is 0 Å². The highest BCUT2D eigenvalue weighted by atomic mass is 32.2. The molecule has 0 amide bonds. The summed E-state index contributed by atoms with van der Waals surface area (Å²) in [5, 5.41) is 7.64. The van der Waals surface area contributed by atoms with Gasteiger partial charge in [-0.05, 0) is 48.5 Å². The molecule has 2 heterocycles. The number of sulfone groups is 1. The Bertz CT molecular complexity index is 1270. The maximum Gasteiger partial charge on any atom is 0.237 e. The van der Waals surface area contributed by atoms with E-state index in [2.05, 4.69) is 20.2 Å². The van der Waals surface area contributed by atoms with Gasteiger partial charge in [-0.25, -0.2) is 17.8 Å². The molecular weight excluding hydrogens is 383 g/mol. The minimum atomic E-state index is -3.35. The van der Waals surface area contributed by atoms with Crippen molar-refractivity contribution in [3.63, 3.8) is 0 Å². The summed E-state index contributed by atoms with van der Waals surface area (Å²) in [4.78, 5) is 10.2. The largest absolute Gasteiger partial charge is 0.384 e. The van der Waals surface area contributed by atoms with Crippen molar-refractivity contribution < 1.29 is 12.8 Å². The molecule has 0 saturated heterocycles. The summed E-state index contributed by atoms with van der Waals surface area (Å²) in [5.74, 6) is 0.391. The summed E-state index contributed by atoms with van der Waals surface area (Å²) in [5.41, 5.74) is 6.96. The number of nitrogens with zero attached hydrogens (tertiary/aromatic N) is 4. The molecule has 4 aromatic rings. The van der Waals surface area contributed by atoms with Gasteiger partial charge in [-0.3, -0.25) is 10.00 Å². The first kappa shape index (κ1) is 17.9. The van der Waals surface area contributed by atoms with Crippen molar-refractivity contribution in [2.45, 2.75) is 4.90 Å². The van der Waals surface area contributed by atoms with Crippen molar-refractivity contribution in [3.05, 3.63) is 60.5 Å². The molecule has 8 nitrogen and oxygen atoms in total. The lowest BCUT2D eigenvalue weighted by atomic mass is 10.2. The van der Waals surface area contributed by atoms with Gasteiger partial charge in [-0.15, -0.1) is 0 Å². The molecule has 2 aromatic heterocycles. The summed E-state index contributed by atoms with van der Waals surface area (Å²) in [7, 11) is -3.35. The predicted molar refractivity (Wildman–Crippen MR) is 104 cm³/mol. The minimum absolute atomic E-state index is 0.169. The zero-order valence-corrected chi connectivity index (χ0v) is 15.5. The van der Waals surface area contributed by atoms with Crippen LogP contribution in [0.3, 0.4) is 0 Å². The Kier molecular flexibility index (Phi) is 4.19. The zero-order valence-electron chi connectivity index (χ0n) is 14.7. The molecule has 0 saturated carbocycles. The lowest BCUT2D eigenvalue weighted by molar-refractivity contribution is 0.602. The van der Waals surface area contributed by atoms with Gasteiger partial charge in [-0.1, -0.05) is 0 Å². The second kappa shape index (κ2) is 6.57. The van der Waals surface area contributed by atoms with E-state index >= 15 is 0 Å². The summed E-state index contributed by atoms with van der Waals surface area (Å²) in [6.45, 7) is 0. The van der Waals surface area contributed by atoms with Crippen LogP contribution in [0.25, 0.3) is 10.9 Å². The normalized spacial score (nSPS) is 11.6. The Morgan fingerprint density at radius 2 is 1.86 bits per heavy atom. The van der Waals surface area contributed by atoms with Crippen molar-refractivity contribution in [1.82, 2.24) is 20.2 Å². The number of nitrogens with one attached hydrogen (secondary N) is 1. The third-order valence-corrected chi connectivity index (χ3v) is 5.23. The molecule has 2 aromatic carbocycles. The first-order valence-corrected chi connectivity index (χ1v) is 10.0. The summed E-state index contributed by atoms with van der Waals surface area (Å²) >= 11 is 0. The molecule has 0 bridgehead atoms. The number of fused-ring (bicyclic) bond motifs is 1. The second-order valence-electron chi connectivity index (χ2n) is 6.12. The van der Waals surface area contributed by atoms with Crippen molar-refractivity contribution in [2.75, 3.05) is 16.9 Å². The summed E-state index contributed by atoms with van der Waals surface area (Å²) < 4.78 is 37.3. The van der Waals surface area contributed by atoms with E-state index in [9.17, 15) is 12.8 Å². The van der Waals surface area contributed by atoms with Gasteiger partial charge in [0.15, 0.2) is 15.7 Å². The number of hydrogen-bond acceptors (Lipinski definition) is 7. The van der Waals surface area contributed by atoms with Crippen LogP contribution in [0, 0.1) is 5.82 Å². The highest BCUT2D eigenvalue weighted by Crippen LogP contribution is 2.36. The monoisotopic (exact) mass is 398 g/mol. The van der Waals surface area contributed by atoms with Crippen LogP contribution in [0.4, 0.5) is 27.7 Å². The molecule has 0 unspecified atom stereocenters. The van der Waals surface area contributed by atoms with Crippen molar-refractivity contribution in [1.29, 1.82) is 0 Å². The molecule has 0 radical (unpaired) electrons. The molecule has 0 aliphatic carbocycles. The Morgan fingerprint density at radius 3 is 2.54 bits per heavy atom. The molecule has 28 heavy (non-hydrogen) atoms. The van der Waals surface area contributed by atoms with Gasteiger partial charge in [0.2, 0.25) is 5.95 Å². The van der Waals surface area contributed by atoms with E-state index < -0.39 is 15.7 Å².